The first-order chi connectivity index (χ1) is 33.6. The minimum absolute atomic E-state index is 0.0835. The van der Waals surface area contributed by atoms with Crippen molar-refractivity contribution in [2.24, 2.45) is 0 Å². The number of aliphatic hydroxyl groups excluding tert-OH is 1. The molecule has 0 heterocycles. The van der Waals surface area contributed by atoms with Crippen LogP contribution in [-0.2, 0) is 19.1 Å². The maximum absolute atomic E-state index is 12.3. The number of unbranched alkanes of at least 4 members (excludes halogenated alkanes) is 16. The van der Waals surface area contributed by atoms with Crippen LogP contribution in [0.2, 0.25) is 0 Å². The van der Waals surface area contributed by atoms with Crippen LogP contribution in [0, 0.1) is 0 Å². The van der Waals surface area contributed by atoms with E-state index in [1.54, 1.807) is 0 Å². The molecule has 0 spiro atoms. The maximum atomic E-state index is 12.3. The normalized spacial score (nSPS) is 13.4. The maximum Gasteiger partial charge on any atom is 0.306 e. The van der Waals surface area contributed by atoms with Gasteiger partial charge in [-0.3, -0.25) is 9.59 Å². The third-order valence-electron chi connectivity index (χ3n) is 11.1. The first-order valence-electron chi connectivity index (χ1n) is 27.4. The Bertz CT molecular complexity index is 1480. The number of hydrogen-bond donors (Lipinski definition) is 1. The molecule has 5 nitrogen and oxygen atoms in total. The molecule has 0 fully saturated rings. The van der Waals surface area contributed by atoms with Crippen LogP contribution in [0.5, 0.6) is 0 Å². The van der Waals surface area contributed by atoms with Gasteiger partial charge in [0.2, 0.25) is 0 Å². The van der Waals surface area contributed by atoms with Gasteiger partial charge in [-0.1, -0.05) is 237 Å². The van der Waals surface area contributed by atoms with E-state index in [1.807, 2.05) is 0 Å². The second-order valence-corrected chi connectivity index (χ2v) is 17.5. The van der Waals surface area contributed by atoms with E-state index in [0.29, 0.717) is 12.8 Å². The van der Waals surface area contributed by atoms with Gasteiger partial charge in [-0.05, 0) is 116 Å². The van der Waals surface area contributed by atoms with Crippen molar-refractivity contribution in [3.05, 3.63) is 146 Å². The molecule has 1 unspecified atom stereocenters. The number of aliphatic hydroxyl groups is 1. The lowest BCUT2D eigenvalue weighted by Crippen LogP contribution is -2.28. The molecule has 0 rings (SSSR count). The highest BCUT2D eigenvalue weighted by atomic mass is 16.6. The Hall–Kier alpha value is -4.22. The summed E-state index contributed by atoms with van der Waals surface area (Å²) in [5.74, 6) is -0.620. The summed E-state index contributed by atoms with van der Waals surface area (Å²) in [6, 6.07) is 0. The third-order valence-corrected chi connectivity index (χ3v) is 11.1. The van der Waals surface area contributed by atoms with E-state index < -0.39 is 6.10 Å². The van der Waals surface area contributed by atoms with E-state index in [4.69, 9.17) is 9.47 Å². The minimum atomic E-state index is -0.793. The van der Waals surface area contributed by atoms with Gasteiger partial charge in [0, 0.05) is 12.8 Å². The second-order valence-electron chi connectivity index (χ2n) is 17.5. The zero-order valence-electron chi connectivity index (χ0n) is 43.6. The molecule has 0 radical (unpaired) electrons. The van der Waals surface area contributed by atoms with E-state index in [2.05, 4.69) is 160 Å². The standard InChI is InChI=1S/C63H100O5/c1-3-5-7-9-11-13-15-17-19-21-23-25-27-29-30-31-32-34-36-38-40-42-44-46-48-50-52-54-56-58-63(66)68-61(59-64)60-67-62(65)57-55-53-51-49-47-45-43-41-39-37-35-33-28-26-24-22-20-18-16-14-12-10-8-6-4-2/h5-8,11-14,17-20,23-26,29-30,32-35,38,40,61,64H,3-4,9-10,15-16,21-22,27-28,31,36-37,39,41-60H2,1-2H3/b7-5-,8-6-,13-11-,14-12-,19-17-,20-18-,25-23-,26-24-,30-29-,34-32-,35-33-,40-38-. The summed E-state index contributed by atoms with van der Waals surface area (Å²) in [6.07, 6.45) is 86.5. The lowest BCUT2D eigenvalue weighted by Gasteiger charge is -2.15. The van der Waals surface area contributed by atoms with Crippen LogP contribution in [0.3, 0.4) is 0 Å². The molecule has 68 heavy (non-hydrogen) atoms. The van der Waals surface area contributed by atoms with Crippen LogP contribution in [-0.4, -0.2) is 36.4 Å². The predicted octanol–water partition coefficient (Wildman–Crippen LogP) is 18.6. The third kappa shape index (κ3) is 54.4. The Morgan fingerprint density at radius 1 is 0.338 bits per heavy atom. The van der Waals surface area contributed by atoms with Crippen LogP contribution in [0.15, 0.2) is 146 Å². The van der Waals surface area contributed by atoms with Crippen molar-refractivity contribution in [1.29, 1.82) is 0 Å². The second kappa shape index (κ2) is 57.1. The van der Waals surface area contributed by atoms with Gasteiger partial charge >= 0.3 is 11.9 Å². The molecule has 0 aromatic carbocycles. The number of esters is 2. The van der Waals surface area contributed by atoms with Gasteiger partial charge in [-0.25, -0.2) is 0 Å². The molecule has 0 saturated carbocycles. The van der Waals surface area contributed by atoms with Crippen LogP contribution < -0.4 is 0 Å². The van der Waals surface area contributed by atoms with E-state index in [1.165, 1.54) is 70.6 Å². The number of allylic oxidation sites excluding steroid dienone is 24. The summed E-state index contributed by atoms with van der Waals surface area (Å²) in [7, 11) is 0. The number of rotatable bonds is 48. The molecule has 0 saturated heterocycles. The first kappa shape index (κ1) is 63.8. The monoisotopic (exact) mass is 937 g/mol. The molecule has 382 valence electrons. The Labute approximate surface area is 418 Å². The van der Waals surface area contributed by atoms with Gasteiger partial charge < -0.3 is 14.6 Å². The fourth-order valence-corrected chi connectivity index (χ4v) is 7.09. The molecule has 0 aliphatic heterocycles. The van der Waals surface area contributed by atoms with Crippen LogP contribution in [0.25, 0.3) is 0 Å². The van der Waals surface area contributed by atoms with Gasteiger partial charge in [0.15, 0.2) is 6.10 Å². The molecule has 0 aliphatic rings. The Morgan fingerprint density at radius 2 is 0.588 bits per heavy atom. The predicted molar refractivity (Wildman–Crippen MR) is 297 cm³/mol. The van der Waals surface area contributed by atoms with Crippen molar-refractivity contribution in [1.82, 2.24) is 0 Å². The number of carbonyl (C=O) groups is 2. The van der Waals surface area contributed by atoms with Crippen molar-refractivity contribution in [2.75, 3.05) is 13.2 Å². The zero-order chi connectivity index (χ0) is 49.2. The first-order valence-corrected chi connectivity index (χ1v) is 27.4. The summed E-state index contributed by atoms with van der Waals surface area (Å²) in [4.78, 5) is 24.5. The van der Waals surface area contributed by atoms with Crippen LogP contribution in [0.4, 0.5) is 0 Å². The molecule has 0 bridgehead atoms. The fourth-order valence-electron chi connectivity index (χ4n) is 7.09. The van der Waals surface area contributed by atoms with Gasteiger partial charge in [0.1, 0.15) is 6.61 Å². The number of carbonyl (C=O) groups excluding carboxylic acids is 2. The SMILES string of the molecule is CC/C=C\C/C=C\C/C=C\C/C=C\C/C=C\C/C=C\C/C=C\CCCCCCCCCC(=O)OC(CO)COC(=O)CCCCCCCCCCC/C=C\C/C=C\C/C=C\C/C=C\C/C=C\CC. The lowest BCUT2D eigenvalue weighted by atomic mass is 10.1. The number of ether oxygens (including phenoxy) is 2. The minimum Gasteiger partial charge on any atom is -0.462 e. The average Bonchev–Trinajstić information content (AvgIpc) is 3.34. The highest BCUT2D eigenvalue weighted by molar-refractivity contribution is 5.70. The van der Waals surface area contributed by atoms with Crippen molar-refractivity contribution in [3.8, 4) is 0 Å². The summed E-state index contributed by atoms with van der Waals surface area (Å²) in [5, 5.41) is 9.65. The van der Waals surface area contributed by atoms with Crippen molar-refractivity contribution >= 4 is 11.9 Å². The highest BCUT2D eigenvalue weighted by Crippen LogP contribution is 2.14. The fraction of sp³-hybridized carbons (Fsp3) is 0.587. The highest BCUT2D eigenvalue weighted by Gasteiger charge is 2.16. The molecule has 0 aromatic rings. The molecule has 5 heteroatoms. The molecule has 0 aromatic heterocycles. The van der Waals surface area contributed by atoms with Crippen molar-refractivity contribution in [3.63, 3.8) is 0 Å². The summed E-state index contributed by atoms with van der Waals surface area (Å²) in [6.45, 7) is 3.89. The van der Waals surface area contributed by atoms with Gasteiger partial charge in [-0.2, -0.15) is 0 Å². The quantitative estimate of drug-likeness (QED) is 0.0374. The van der Waals surface area contributed by atoms with Crippen molar-refractivity contribution < 1.29 is 24.2 Å². The summed E-state index contributed by atoms with van der Waals surface area (Å²) < 4.78 is 10.7. The number of hydrogen-bond acceptors (Lipinski definition) is 5. The summed E-state index contributed by atoms with van der Waals surface area (Å²) >= 11 is 0. The smallest absolute Gasteiger partial charge is 0.306 e. The molecule has 1 N–H and O–H groups in total. The topological polar surface area (TPSA) is 72.8 Å². The molecule has 0 amide bonds. The summed E-state index contributed by atoms with van der Waals surface area (Å²) in [5.41, 5.74) is 0. The van der Waals surface area contributed by atoms with Gasteiger partial charge in [0.05, 0.1) is 6.61 Å². The van der Waals surface area contributed by atoms with Gasteiger partial charge in [-0.15, -0.1) is 0 Å². The average molecular weight is 937 g/mol. The lowest BCUT2D eigenvalue weighted by molar-refractivity contribution is -0.161. The largest absolute Gasteiger partial charge is 0.462 e. The Morgan fingerprint density at radius 3 is 0.882 bits per heavy atom. The van der Waals surface area contributed by atoms with Crippen LogP contribution in [0.1, 0.15) is 219 Å². The van der Waals surface area contributed by atoms with E-state index in [9.17, 15) is 14.7 Å². The van der Waals surface area contributed by atoms with Gasteiger partial charge in [0.25, 0.3) is 0 Å². The molecule has 0 aliphatic carbocycles. The van der Waals surface area contributed by atoms with E-state index in [0.717, 1.165) is 122 Å². The Balaban J connectivity index is 3.61. The van der Waals surface area contributed by atoms with Crippen LogP contribution >= 0.6 is 0 Å². The zero-order valence-corrected chi connectivity index (χ0v) is 43.6. The molecular formula is C63H100O5. The Kier molecular flexibility index (Phi) is 53.6. The molecular weight excluding hydrogens is 837 g/mol. The van der Waals surface area contributed by atoms with E-state index in [-0.39, 0.29) is 25.2 Å². The van der Waals surface area contributed by atoms with Crippen molar-refractivity contribution in [2.45, 2.75) is 225 Å². The van der Waals surface area contributed by atoms with E-state index >= 15 is 0 Å². The molecule has 1 atom stereocenters.